The first-order chi connectivity index (χ1) is 8.87. The van der Waals surface area contributed by atoms with E-state index in [1.807, 2.05) is 6.92 Å². The van der Waals surface area contributed by atoms with Crippen LogP contribution < -0.4 is 0 Å². The summed E-state index contributed by atoms with van der Waals surface area (Å²) in [4.78, 5) is -0.681. The Bertz CT molecular complexity index is 576. The van der Waals surface area contributed by atoms with Crippen LogP contribution in [-0.2, 0) is 10.0 Å². The second kappa shape index (κ2) is 5.15. The van der Waals surface area contributed by atoms with Gasteiger partial charge in [0.1, 0.15) is 16.5 Å². The predicted molar refractivity (Wildman–Crippen MR) is 64.9 cm³/mol. The summed E-state index contributed by atoms with van der Waals surface area (Å²) in [5.41, 5.74) is 0. The van der Waals surface area contributed by atoms with E-state index in [9.17, 15) is 22.3 Å². The molecular formula is C12H15F2NO3S. The summed E-state index contributed by atoms with van der Waals surface area (Å²) in [5.74, 6) is -1.82. The molecule has 1 N–H and O–H groups in total. The van der Waals surface area contributed by atoms with Crippen molar-refractivity contribution < 1.29 is 22.3 Å². The third-order valence-corrected chi connectivity index (χ3v) is 5.44. The minimum atomic E-state index is -4.13. The molecule has 1 aromatic rings. The van der Waals surface area contributed by atoms with Crippen molar-refractivity contribution in [2.24, 2.45) is 5.92 Å². The van der Waals surface area contributed by atoms with Gasteiger partial charge < -0.3 is 5.11 Å². The third kappa shape index (κ3) is 2.50. The Morgan fingerprint density at radius 3 is 2.74 bits per heavy atom. The van der Waals surface area contributed by atoms with E-state index in [0.717, 1.165) is 16.4 Å². The van der Waals surface area contributed by atoms with E-state index in [1.54, 1.807) is 0 Å². The van der Waals surface area contributed by atoms with Gasteiger partial charge in [-0.15, -0.1) is 0 Å². The smallest absolute Gasteiger partial charge is 0.246 e. The first kappa shape index (κ1) is 14.4. The van der Waals surface area contributed by atoms with Crippen LogP contribution >= 0.6 is 0 Å². The Labute approximate surface area is 110 Å². The summed E-state index contributed by atoms with van der Waals surface area (Å²) >= 11 is 0. The minimum absolute atomic E-state index is 0.0172. The first-order valence-corrected chi connectivity index (χ1v) is 7.39. The fraction of sp³-hybridized carbons (Fsp3) is 0.500. The van der Waals surface area contributed by atoms with Crippen molar-refractivity contribution in [2.75, 3.05) is 13.2 Å². The van der Waals surface area contributed by atoms with Gasteiger partial charge >= 0.3 is 0 Å². The van der Waals surface area contributed by atoms with E-state index in [4.69, 9.17) is 0 Å². The van der Waals surface area contributed by atoms with Gasteiger partial charge in [0.15, 0.2) is 0 Å². The van der Waals surface area contributed by atoms with Gasteiger partial charge in [-0.25, -0.2) is 17.2 Å². The Morgan fingerprint density at radius 1 is 1.42 bits per heavy atom. The molecule has 0 spiro atoms. The lowest BCUT2D eigenvalue weighted by molar-refractivity contribution is 0.191. The number of sulfonamides is 1. The Hall–Kier alpha value is -1.05. The lowest BCUT2D eigenvalue weighted by atomic mass is 10.0. The first-order valence-electron chi connectivity index (χ1n) is 5.95. The van der Waals surface area contributed by atoms with Gasteiger partial charge in [-0.2, -0.15) is 4.31 Å². The average molecular weight is 291 g/mol. The van der Waals surface area contributed by atoms with Crippen LogP contribution in [-0.4, -0.2) is 37.0 Å². The van der Waals surface area contributed by atoms with E-state index >= 15 is 0 Å². The van der Waals surface area contributed by atoms with Crippen molar-refractivity contribution in [1.82, 2.24) is 4.31 Å². The lowest BCUT2D eigenvalue weighted by Gasteiger charge is -2.24. The highest BCUT2D eigenvalue weighted by atomic mass is 32.2. The van der Waals surface area contributed by atoms with Gasteiger partial charge in [0.25, 0.3) is 0 Å². The summed E-state index contributed by atoms with van der Waals surface area (Å²) in [5, 5.41) is 9.27. The molecule has 0 saturated carbocycles. The van der Waals surface area contributed by atoms with Crippen molar-refractivity contribution >= 4 is 10.0 Å². The van der Waals surface area contributed by atoms with Gasteiger partial charge in [-0.05, 0) is 30.5 Å². The SMILES string of the molecule is CC1CCN(S(=O)(=O)c2cc(F)ccc2F)C1CO. The molecule has 0 radical (unpaired) electrons. The maximum atomic E-state index is 13.6. The van der Waals surface area contributed by atoms with Gasteiger partial charge in [0, 0.05) is 6.54 Å². The number of halogens is 2. The molecule has 2 atom stereocenters. The third-order valence-electron chi connectivity index (χ3n) is 3.50. The van der Waals surface area contributed by atoms with Crippen LogP contribution in [0, 0.1) is 17.6 Å². The molecule has 106 valence electrons. The zero-order valence-corrected chi connectivity index (χ0v) is 11.2. The zero-order valence-electron chi connectivity index (χ0n) is 10.4. The molecular weight excluding hydrogens is 276 g/mol. The fourth-order valence-electron chi connectivity index (χ4n) is 2.34. The van der Waals surface area contributed by atoms with E-state index in [2.05, 4.69) is 0 Å². The molecule has 19 heavy (non-hydrogen) atoms. The van der Waals surface area contributed by atoms with E-state index in [0.29, 0.717) is 12.5 Å². The van der Waals surface area contributed by atoms with E-state index < -0.39 is 32.6 Å². The second-order valence-corrected chi connectivity index (χ2v) is 6.57. The average Bonchev–Trinajstić information content (AvgIpc) is 2.74. The summed E-state index contributed by atoms with van der Waals surface area (Å²) in [7, 11) is -4.13. The van der Waals surface area contributed by atoms with Gasteiger partial charge in [0.05, 0.1) is 12.6 Å². The highest BCUT2D eigenvalue weighted by Crippen LogP contribution is 2.31. The molecule has 0 aromatic heterocycles. The van der Waals surface area contributed by atoms with Crippen LogP contribution in [0.4, 0.5) is 8.78 Å². The fourth-order valence-corrected chi connectivity index (χ4v) is 4.15. The molecule has 1 heterocycles. The molecule has 0 bridgehead atoms. The van der Waals surface area contributed by atoms with Crippen LogP contribution in [0.1, 0.15) is 13.3 Å². The molecule has 7 heteroatoms. The normalized spacial score (nSPS) is 24.8. The van der Waals surface area contributed by atoms with Crippen molar-refractivity contribution in [3.8, 4) is 0 Å². The van der Waals surface area contributed by atoms with E-state index in [1.165, 1.54) is 0 Å². The molecule has 4 nitrogen and oxygen atoms in total. The standard InChI is InChI=1S/C12H15F2NO3S/c1-8-4-5-15(11(8)7-16)19(17,18)12-6-9(13)2-3-10(12)14/h2-3,6,8,11,16H,4-5,7H2,1H3. The molecule has 2 unspecified atom stereocenters. The Balaban J connectivity index is 2.45. The van der Waals surface area contributed by atoms with Crippen LogP contribution in [0.3, 0.4) is 0 Å². The van der Waals surface area contributed by atoms with Crippen molar-refractivity contribution in [3.05, 3.63) is 29.8 Å². The molecule has 1 aromatic carbocycles. The van der Waals surface area contributed by atoms with Crippen LogP contribution in [0.25, 0.3) is 0 Å². The summed E-state index contributed by atoms with van der Waals surface area (Å²) in [6.07, 6.45) is 0.585. The largest absolute Gasteiger partial charge is 0.395 e. The summed E-state index contributed by atoms with van der Waals surface area (Å²) in [6.45, 7) is 1.68. The number of aliphatic hydroxyl groups excluding tert-OH is 1. The van der Waals surface area contributed by atoms with Crippen molar-refractivity contribution in [1.29, 1.82) is 0 Å². The molecule has 0 aliphatic carbocycles. The summed E-state index contributed by atoms with van der Waals surface area (Å²) < 4.78 is 52.4. The lowest BCUT2D eigenvalue weighted by Crippen LogP contribution is -2.40. The number of hydrogen-bond donors (Lipinski definition) is 1. The summed E-state index contributed by atoms with van der Waals surface area (Å²) in [6, 6.07) is 1.73. The number of hydrogen-bond acceptors (Lipinski definition) is 3. The number of nitrogens with zero attached hydrogens (tertiary/aromatic N) is 1. The Kier molecular flexibility index (Phi) is 3.89. The molecule has 1 aliphatic heterocycles. The maximum absolute atomic E-state index is 13.6. The van der Waals surface area contributed by atoms with Gasteiger partial charge in [-0.1, -0.05) is 6.92 Å². The van der Waals surface area contributed by atoms with Gasteiger partial charge in [-0.3, -0.25) is 0 Å². The minimum Gasteiger partial charge on any atom is -0.395 e. The number of rotatable bonds is 3. The number of aliphatic hydroxyl groups is 1. The van der Waals surface area contributed by atoms with Gasteiger partial charge in [0.2, 0.25) is 10.0 Å². The van der Waals surface area contributed by atoms with Crippen LogP contribution in [0.15, 0.2) is 23.1 Å². The highest BCUT2D eigenvalue weighted by Gasteiger charge is 2.40. The van der Waals surface area contributed by atoms with E-state index in [-0.39, 0.29) is 19.1 Å². The van der Waals surface area contributed by atoms with Crippen LogP contribution in [0.2, 0.25) is 0 Å². The highest BCUT2D eigenvalue weighted by molar-refractivity contribution is 7.89. The van der Waals surface area contributed by atoms with Crippen molar-refractivity contribution in [2.45, 2.75) is 24.3 Å². The predicted octanol–water partition coefficient (Wildman–Crippen LogP) is 1.36. The molecule has 1 saturated heterocycles. The second-order valence-electron chi connectivity index (χ2n) is 4.71. The molecule has 1 aliphatic rings. The molecule has 2 rings (SSSR count). The quantitative estimate of drug-likeness (QED) is 0.914. The molecule has 1 fully saturated rings. The number of benzene rings is 1. The zero-order chi connectivity index (χ0) is 14.2. The Morgan fingerprint density at radius 2 is 2.11 bits per heavy atom. The monoisotopic (exact) mass is 291 g/mol. The van der Waals surface area contributed by atoms with Crippen LogP contribution in [0.5, 0.6) is 0 Å². The maximum Gasteiger partial charge on any atom is 0.246 e. The van der Waals surface area contributed by atoms with Crippen molar-refractivity contribution in [3.63, 3.8) is 0 Å². The molecule has 0 amide bonds. The topological polar surface area (TPSA) is 57.6 Å².